The highest BCUT2D eigenvalue weighted by atomic mass is 16.2. The van der Waals surface area contributed by atoms with Crippen LogP contribution in [0.2, 0.25) is 0 Å². The van der Waals surface area contributed by atoms with Crippen molar-refractivity contribution in [1.82, 2.24) is 15.2 Å². The van der Waals surface area contributed by atoms with E-state index in [0.717, 1.165) is 37.3 Å². The number of hydrogen-bond donors (Lipinski definition) is 1. The molecule has 0 bridgehead atoms. The Morgan fingerprint density at radius 3 is 2.50 bits per heavy atom. The molecule has 1 aliphatic carbocycles. The fraction of sp³-hybridized carbons (Fsp3) is 0.714. The Balaban J connectivity index is 1.51. The van der Waals surface area contributed by atoms with Crippen molar-refractivity contribution in [2.45, 2.75) is 76.8 Å². The lowest BCUT2D eigenvalue weighted by Crippen LogP contribution is -2.43. The van der Waals surface area contributed by atoms with E-state index in [0.29, 0.717) is 12.6 Å². The third kappa shape index (κ3) is 5.36. The lowest BCUT2D eigenvalue weighted by molar-refractivity contribution is 0.178. The van der Waals surface area contributed by atoms with Gasteiger partial charge in [0.25, 0.3) is 0 Å². The monoisotopic (exact) mass is 358 g/mol. The summed E-state index contributed by atoms with van der Waals surface area (Å²) in [5.74, 6) is 1.05. The van der Waals surface area contributed by atoms with E-state index in [9.17, 15) is 4.79 Å². The number of urea groups is 1. The van der Waals surface area contributed by atoms with E-state index in [1.165, 1.54) is 51.4 Å². The standard InChI is InChI=1S/C21H34N4O/c1-24(19-10-6-3-2-4-7-11-19)21(26)23-17-18-12-13-22-20(16-18)25-14-8-5-9-15-25/h12-13,16,19H,2-11,14-15,17H2,1H3,(H,23,26). The van der Waals surface area contributed by atoms with Crippen molar-refractivity contribution in [3.8, 4) is 0 Å². The molecule has 0 aromatic carbocycles. The third-order valence-electron chi connectivity index (χ3n) is 5.88. The molecule has 0 spiro atoms. The van der Waals surface area contributed by atoms with Gasteiger partial charge in [0.1, 0.15) is 5.82 Å². The molecule has 26 heavy (non-hydrogen) atoms. The fourth-order valence-corrected chi connectivity index (χ4v) is 4.16. The highest BCUT2D eigenvalue weighted by molar-refractivity contribution is 5.74. The fourth-order valence-electron chi connectivity index (χ4n) is 4.16. The summed E-state index contributed by atoms with van der Waals surface area (Å²) >= 11 is 0. The lowest BCUT2D eigenvalue weighted by atomic mass is 9.96. The van der Waals surface area contributed by atoms with E-state index in [1.54, 1.807) is 0 Å². The number of nitrogens with one attached hydrogen (secondary N) is 1. The molecular formula is C21H34N4O. The summed E-state index contributed by atoms with van der Waals surface area (Å²) in [7, 11) is 1.95. The Kier molecular flexibility index (Phi) is 7.15. The number of aromatic nitrogens is 1. The zero-order valence-electron chi connectivity index (χ0n) is 16.3. The van der Waals surface area contributed by atoms with Gasteiger partial charge in [0.15, 0.2) is 0 Å². The highest BCUT2D eigenvalue weighted by Gasteiger charge is 2.20. The summed E-state index contributed by atoms with van der Waals surface area (Å²) in [6.07, 6.45) is 14.4. The highest BCUT2D eigenvalue weighted by Crippen LogP contribution is 2.21. The molecule has 1 aromatic heterocycles. The van der Waals surface area contributed by atoms with E-state index in [2.05, 4.69) is 21.3 Å². The molecule has 1 aliphatic heterocycles. The molecule has 5 heteroatoms. The molecule has 2 aliphatic rings. The number of pyridine rings is 1. The quantitative estimate of drug-likeness (QED) is 0.872. The van der Waals surface area contributed by atoms with Crippen LogP contribution in [0.4, 0.5) is 10.6 Å². The van der Waals surface area contributed by atoms with Crippen LogP contribution in [0, 0.1) is 0 Å². The molecule has 1 saturated heterocycles. The molecule has 0 unspecified atom stereocenters. The molecule has 2 amide bonds. The van der Waals surface area contributed by atoms with Crippen LogP contribution in [0.1, 0.15) is 69.8 Å². The zero-order valence-corrected chi connectivity index (χ0v) is 16.3. The summed E-state index contributed by atoms with van der Waals surface area (Å²) in [4.78, 5) is 21.4. The van der Waals surface area contributed by atoms with Gasteiger partial charge in [0.2, 0.25) is 0 Å². The third-order valence-corrected chi connectivity index (χ3v) is 5.88. The second-order valence-electron chi connectivity index (χ2n) is 7.84. The maximum absolute atomic E-state index is 12.6. The summed E-state index contributed by atoms with van der Waals surface area (Å²) in [6, 6.07) is 4.56. The number of carbonyl (C=O) groups excluding carboxylic acids is 1. The average molecular weight is 359 g/mol. The molecule has 1 N–H and O–H groups in total. The Bertz CT molecular complexity index is 563. The van der Waals surface area contributed by atoms with Crippen LogP contribution in [-0.4, -0.2) is 42.1 Å². The molecule has 2 fully saturated rings. The lowest BCUT2D eigenvalue weighted by Gasteiger charge is -2.30. The number of nitrogens with zero attached hydrogens (tertiary/aromatic N) is 3. The summed E-state index contributed by atoms with van der Waals surface area (Å²) in [6.45, 7) is 2.75. The van der Waals surface area contributed by atoms with Gasteiger partial charge in [0.05, 0.1) is 0 Å². The number of piperidine rings is 1. The van der Waals surface area contributed by atoms with E-state index in [1.807, 2.05) is 24.2 Å². The summed E-state index contributed by atoms with van der Waals surface area (Å²) in [5, 5.41) is 3.10. The maximum atomic E-state index is 12.6. The molecule has 2 heterocycles. The van der Waals surface area contributed by atoms with Gasteiger partial charge in [-0.1, -0.05) is 32.1 Å². The van der Waals surface area contributed by atoms with Crippen LogP contribution < -0.4 is 10.2 Å². The van der Waals surface area contributed by atoms with E-state index < -0.39 is 0 Å². The maximum Gasteiger partial charge on any atom is 0.317 e. The molecule has 5 nitrogen and oxygen atoms in total. The van der Waals surface area contributed by atoms with Gasteiger partial charge >= 0.3 is 6.03 Å². The van der Waals surface area contributed by atoms with Crippen molar-refractivity contribution in [3.63, 3.8) is 0 Å². The van der Waals surface area contributed by atoms with Crippen LogP contribution >= 0.6 is 0 Å². The van der Waals surface area contributed by atoms with E-state index >= 15 is 0 Å². The summed E-state index contributed by atoms with van der Waals surface area (Å²) < 4.78 is 0. The zero-order chi connectivity index (χ0) is 18.2. The van der Waals surface area contributed by atoms with Gasteiger partial charge in [-0.25, -0.2) is 9.78 Å². The number of rotatable bonds is 4. The van der Waals surface area contributed by atoms with Crippen molar-refractivity contribution >= 4 is 11.8 Å². The van der Waals surface area contributed by atoms with Gasteiger partial charge in [-0.3, -0.25) is 0 Å². The number of hydrogen-bond acceptors (Lipinski definition) is 3. The molecule has 0 radical (unpaired) electrons. The first-order valence-electron chi connectivity index (χ1n) is 10.4. The molecule has 1 aromatic rings. The second-order valence-corrected chi connectivity index (χ2v) is 7.84. The van der Waals surface area contributed by atoms with Gasteiger partial charge in [0, 0.05) is 38.9 Å². The molecular weight excluding hydrogens is 324 g/mol. The smallest absolute Gasteiger partial charge is 0.317 e. The first-order chi connectivity index (χ1) is 12.7. The van der Waals surface area contributed by atoms with Crippen molar-refractivity contribution in [1.29, 1.82) is 0 Å². The first kappa shape index (κ1) is 19.0. The Morgan fingerprint density at radius 2 is 1.77 bits per heavy atom. The van der Waals surface area contributed by atoms with Gasteiger partial charge < -0.3 is 15.1 Å². The predicted molar refractivity (Wildman–Crippen MR) is 106 cm³/mol. The number of anilines is 1. The van der Waals surface area contributed by atoms with Gasteiger partial charge in [-0.15, -0.1) is 0 Å². The second kappa shape index (κ2) is 9.79. The van der Waals surface area contributed by atoms with Crippen LogP contribution in [0.15, 0.2) is 18.3 Å². The average Bonchev–Trinajstić information content (AvgIpc) is 2.66. The minimum atomic E-state index is 0.0481. The molecule has 1 saturated carbocycles. The first-order valence-corrected chi connectivity index (χ1v) is 10.4. The molecule has 3 rings (SSSR count). The topological polar surface area (TPSA) is 48.5 Å². The van der Waals surface area contributed by atoms with E-state index in [4.69, 9.17) is 0 Å². The van der Waals surface area contributed by atoms with Crippen LogP contribution in [0.25, 0.3) is 0 Å². The predicted octanol–water partition coefficient (Wildman–Crippen LogP) is 4.33. The summed E-state index contributed by atoms with van der Waals surface area (Å²) in [5.41, 5.74) is 1.12. The van der Waals surface area contributed by atoms with Crippen molar-refractivity contribution in [2.75, 3.05) is 25.0 Å². The largest absolute Gasteiger partial charge is 0.357 e. The normalized spacial score (nSPS) is 19.5. The minimum Gasteiger partial charge on any atom is -0.357 e. The van der Waals surface area contributed by atoms with Crippen LogP contribution in [0.5, 0.6) is 0 Å². The Labute approximate surface area is 158 Å². The van der Waals surface area contributed by atoms with Crippen molar-refractivity contribution < 1.29 is 4.79 Å². The Morgan fingerprint density at radius 1 is 1.12 bits per heavy atom. The van der Waals surface area contributed by atoms with Crippen molar-refractivity contribution in [2.24, 2.45) is 0 Å². The molecule has 144 valence electrons. The number of carbonyl (C=O) groups is 1. The van der Waals surface area contributed by atoms with Crippen LogP contribution in [-0.2, 0) is 6.54 Å². The van der Waals surface area contributed by atoms with Crippen molar-refractivity contribution in [3.05, 3.63) is 23.9 Å². The molecule has 0 atom stereocenters. The Hall–Kier alpha value is -1.78. The van der Waals surface area contributed by atoms with Gasteiger partial charge in [-0.05, 0) is 49.8 Å². The minimum absolute atomic E-state index is 0.0481. The van der Waals surface area contributed by atoms with E-state index in [-0.39, 0.29) is 6.03 Å². The SMILES string of the molecule is CN(C(=O)NCc1ccnc(N2CCCCC2)c1)C1CCCCCCC1. The van der Waals surface area contributed by atoms with Gasteiger partial charge in [-0.2, -0.15) is 0 Å². The number of amides is 2. The van der Waals surface area contributed by atoms with Crippen LogP contribution in [0.3, 0.4) is 0 Å².